The number of methoxy groups -OCH3 is 1. The molecule has 0 aromatic carbocycles. The highest BCUT2D eigenvalue weighted by Crippen LogP contribution is 2.17. The summed E-state index contributed by atoms with van der Waals surface area (Å²) in [5.74, 6) is 1.10. The lowest BCUT2D eigenvalue weighted by atomic mass is 10.2. The van der Waals surface area contributed by atoms with Gasteiger partial charge in [0.1, 0.15) is 5.82 Å². The molecule has 4 nitrogen and oxygen atoms in total. The van der Waals surface area contributed by atoms with Crippen LogP contribution in [0, 0.1) is 6.92 Å². The maximum atomic E-state index is 5.00. The highest BCUT2D eigenvalue weighted by atomic mass is 16.5. The molecule has 1 heterocycles. The molecule has 1 N–H and O–H groups in total. The number of nitrogens with zero attached hydrogens (tertiary/aromatic N) is 2. The molecule has 0 amide bonds. The van der Waals surface area contributed by atoms with Gasteiger partial charge in [0.25, 0.3) is 0 Å². The van der Waals surface area contributed by atoms with Crippen LogP contribution < -0.4 is 10.2 Å². The number of hydrogen-bond acceptors (Lipinski definition) is 4. The van der Waals surface area contributed by atoms with E-state index in [1.807, 2.05) is 6.20 Å². The SMILES string of the molecule is CCN(CC)c1ncc(CNCCOC)cc1C. The predicted molar refractivity (Wildman–Crippen MR) is 76.1 cm³/mol. The highest BCUT2D eigenvalue weighted by Gasteiger charge is 2.07. The average molecular weight is 251 g/mol. The van der Waals surface area contributed by atoms with Gasteiger partial charge in [-0.25, -0.2) is 4.98 Å². The minimum Gasteiger partial charge on any atom is -0.383 e. The Morgan fingerprint density at radius 3 is 2.61 bits per heavy atom. The molecule has 0 atom stereocenters. The van der Waals surface area contributed by atoms with Gasteiger partial charge in [-0.15, -0.1) is 0 Å². The smallest absolute Gasteiger partial charge is 0.131 e. The molecule has 1 aromatic rings. The molecule has 4 heteroatoms. The molecular weight excluding hydrogens is 226 g/mol. The fourth-order valence-corrected chi connectivity index (χ4v) is 1.98. The monoisotopic (exact) mass is 251 g/mol. The molecular formula is C14H25N3O. The summed E-state index contributed by atoms with van der Waals surface area (Å²) in [7, 11) is 1.71. The van der Waals surface area contributed by atoms with Gasteiger partial charge >= 0.3 is 0 Å². The van der Waals surface area contributed by atoms with Crippen LogP contribution in [0.2, 0.25) is 0 Å². The standard InChI is InChI=1S/C14H25N3O/c1-5-17(6-2)14-12(3)9-13(11-16-14)10-15-7-8-18-4/h9,11,15H,5-8,10H2,1-4H3. The van der Waals surface area contributed by atoms with E-state index in [0.29, 0.717) is 0 Å². The predicted octanol–water partition coefficient (Wildman–Crippen LogP) is 1.97. The molecule has 0 bridgehead atoms. The van der Waals surface area contributed by atoms with E-state index in [4.69, 9.17) is 4.74 Å². The number of ether oxygens (including phenoxy) is 1. The van der Waals surface area contributed by atoms with Gasteiger partial charge in [-0.05, 0) is 38.0 Å². The Morgan fingerprint density at radius 1 is 1.33 bits per heavy atom. The fraction of sp³-hybridized carbons (Fsp3) is 0.643. The number of pyridine rings is 1. The van der Waals surface area contributed by atoms with Gasteiger partial charge in [-0.2, -0.15) is 0 Å². The Bertz CT molecular complexity index is 351. The van der Waals surface area contributed by atoms with Gasteiger partial charge in [0, 0.05) is 39.5 Å². The van der Waals surface area contributed by atoms with Gasteiger partial charge in [0.05, 0.1) is 6.61 Å². The molecule has 0 unspecified atom stereocenters. The summed E-state index contributed by atoms with van der Waals surface area (Å²) in [5, 5.41) is 3.33. The first kappa shape index (κ1) is 14.9. The second-order valence-corrected chi connectivity index (χ2v) is 4.33. The van der Waals surface area contributed by atoms with E-state index >= 15 is 0 Å². The zero-order chi connectivity index (χ0) is 13.4. The summed E-state index contributed by atoms with van der Waals surface area (Å²) in [6.07, 6.45) is 1.96. The summed E-state index contributed by atoms with van der Waals surface area (Å²) in [4.78, 5) is 6.85. The van der Waals surface area contributed by atoms with Crippen LogP contribution in [0.4, 0.5) is 5.82 Å². The van der Waals surface area contributed by atoms with Crippen LogP contribution >= 0.6 is 0 Å². The van der Waals surface area contributed by atoms with Gasteiger partial charge in [0.15, 0.2) is 0 Å². The van der Waals surface area contributed by atoms with Crippen molar-refractivity contribution in [3.8, 4) is 0 Å². The molecule has 0 fully saturated rings. The third-order valence-corrected chi connectivity index (χ3v) is 2.98. The van der Waals surface area contributed by atoms with Gasteiger partial charge in [0.2, 0.25) is 0 Å². The van der Waals surface area contributed by atoms with Crippen molar-refractivity contribution in [1.29, 1.82) is 0 Å². The third kappa shape index (κ3) is 4.27. The van der Waals surface area contributed by atoms with Crippen molar-refractivity contribution in [3.63, 3.8) is 0 Å². The Morgan fingerprint density at radius 2 is 2.06 bits per heavy atom. The molecule has 0 spiro atoms. The molecule has 0 aliphatic carbocycles. The van der Waals surface area contributed by atoms with Crippen molar-refractivity contribution in [2.45, 2.75) is 27.3 Å². The molecule has 0 aliphatic rings. The van der Waals surface area contributed by atoms with Crippen LogP contribution in [0.5, 0.6) is 0 Å². The molecule has 1 rings (SSSR count). The quantitative estimate of drug-likeness (QED) is 0.717. The lowest BCUT2D eigenvalue weighted by Crippen LogP contribution is -2.24. The van der Waals surface area contributed by atoms with Crippen molar-refractivity contribution in [2.75, 3.05) is 38.3 Å². The second-order valence-electron chi connectivity index (χ2n) is 4.33. The number of rotatable bonds is 8. The van der Waals surface area contributed by atoms with Crippen LogP contribution in [0.1, 0.15) is 25.0 Å². The van der Waals surface area contributed by atoms with Crippen LogP contribution in [0.3, 0.4) is 0 Å². The maximum absolute atomic E-state index is 5.00. The first-order chi connectivity index (χ1) is 8.72. The molecule has 0 saturated carbocycles. The first-order valence-corrected chi connectivity index (χ1v) is 6.63. The first-order valence-electron chi connectivity index (χ1n) is 6.63. The summed E-state index contributed by atoms with van der Waals surface area (Å²) in [6, 6.07) is 2.21. The molecule has 102 valence electrons. The second kappa shape index (κ2) is 8.06. The normalized spacial score (nSPS) is 10.7. The zero-order valence-corrected chi connectivity index (χ0v) is 12.0. The summed E-state index contributed by atoms with van der Waals surface area (Å²) in [6.45, 7) is 10.9. The summed E-state index contributed by atoms with van der Waals surface area (Å²) < 4.78 is 5.00. The van der Waals surface area contributed by atoms with Crippen molar-refractivity contribution in [2.24, 2.45) is 0 Å². The molecule has 18 heavy (non-hydrogen) atoms. The Hall–Kier alpha value is -1.13. The topological polar surface area (TPSA) is 37.4 Å². The third-order valence-electron chi connectivity index (χ3n) is 2.98. The van der Waals surface area contributed by atoms with E-state index in [9.17, 15) is 0 Å². The Labute approximate surface area is 110 Å². The zero-order valence-electron chi connectivity index (χ0n) is 12.0. The molecule has 0 saturated heterocycles. The van der Waals surface area contributed by atoms with E-state index in [1.165, 1.54) is 11.1 Å². The number of aryl methyl sites for hydroxylation is 1. The van der Waals surface area contributed by atoms with E-state index in [-0.39, 0.29) is 0 Å². The van der Waals surface area contributed by atoms with Crippen molar-refractivity contribution in [1.82, 2.24) is 10.3 Å². The highest BCUT2D eigenvalue weighted by molar-refractivity contribution is 5.47. The van der Waals surface area contributed by atoms with Crippen molar-refractivity contribution in [3.05, 3.63) is 23.4 Å². The maximum Gasteiger partial charge on any atom is 0.131 e. The minimum atomic E-state index is 0.740. The van der Waals surface area contributed by atoms with Crippen LogP contribution in [-0.4, -0.2) is 38.3 Å². The van der Waals surface area contributed by atoms with Crippen LogP contribution in [-0.2, 0) is 11.3 Å². The Balaban J connectivity index is 2.61. The van der Waals surface area contributed by atoms with E-state index < -0.39 is 0 Å². The molecule has 0 aliphatic heterocycles. The minimum absolute atomic E-state index is 0.740. The van der Waals surface area contributed by atoms with Crippen LogP contribution in [0.25, 0.3) is 0 Å². The number of hydrogen-bond donors (Lipinski definition) is 1. The number of aromatic nitrogens is 1. The van der Waals surface area contributed by atoms with E-state index in [1.54, 1.807) is 7.11 Å². The lowest BCUT2D eigenvalue weighted by molar-refractivity contribution is 0.199. The van der Waals surface area contributed by atoms with E-state index in [2.05, 4.69) is 42.0 Å². The van der Waals surface area contributed by atoms with Crippen molar-refractivity contribution >= 4 is 5.82 Å². The molecule has 1 aromatic heterocycles. The average Bonchev–Trinajstić information content (AvgIpc) is 2.38. The van der Waals surface area contributed by atoms with Gasteiger partial charge in [-0.1, -0.05) is 0 Å². The fourth-order valence-electron chi connectivity index (χ4n) is 1.98. The molecule has 0 radical (unpaired) electrons. The van der Waals surface area contributed by atoms with Crippen LogP contribution in [0.15, 0.2) is 12.3 Å². The summed E-state index contributed by atoms with van der Waals surface area (Å²) >= 11 is 0. The van der Waals surface area contributed by atoms with Gasteiger partial charge < -0.3 is 15.0 Å². The summed E-state index contributed by atoms with van der Waals surface area (Å²) in [5.41, 5.74) is 2.46. The lowest BCUT2D eigenvalue weighted by Gasteiger charge is -2.22. The van der Waals surface area contributed by atoms with Crippen molar-refractivity contribution < 1.29 is 4.74 Å². The van der Waals surface area contributed by atoms with Gasteiger partial charge in [-0.3, -0.25) is 0 Å². The Kier molecular flexibility index (Phi) is 6.68. The van der Waals surface area contributed by atoms with E-state index in [0.717, 1.165) is 38.6 Å². The number of anilines is 1. The number of nitrogens with one attached hydrogen (secondary N) is 1. The largest absolute Gasteiger partial charge is 0.383 e.